The number of likely N-dealkylation sites (N-methyl/N-ethyl adjacent to an activating group) is 1. The predicted octanol–water partition coefficient (Wildman–Crippen LogP) is 1.64. The first kappa shape index (κ1) is 17.9. The van der Waals surface area contributed by atoms with Gasteiger partial charge in [-0.25, -0.2) is 0 Å². The van der Waals surface area contributed by atoms with Crippen LogP contribution in [0.2, 0.25) is 0 Å². The Morgan fingerprint density at radius 3 is 2.76 bits per heavy atom. The van der Waals surface area contributed by atoms with Gasteiger partial charge in [0.05, 0.1) is 10.0 Å². The molecule has 0 spiro atoms. The van der Waals surface area contributed by atoms with Crippen molar-refractivity contribution in [2.24, 2.45) is 0 Å². The maximum absolute atomic E-state index is 13.0. The number of alkyl halides is 3. The highest BCUT2D eigenvalue weighted by molar-refractivity contribution is 9.10. The number of ether oxygens (including phenoxy) is 1. The van der Waals surface area contributed by atoms with Gasteiger partial charge in [0.25, 0.3) is 11.1 Å². The summed E-state index contributed by atoms with van der Waals surface area (Å²) in [5.41, 5.74) is -3.71. The molecule has 7 nitrogen and oxygen atoms in total. The molecule has 0 radical (unpaired) electrons. The second-order valence-electron chi connectivity index (χ2n) is 5.82. The number of aromatic nitrogens is 3. The minimum absolute atomic E-state index is 0.150. The van der Waals surface area contributed by atoms with Crippen LogP contribution in [0, 0.1) is 0 Å². The van der Waals surface area contributed by atoms with Crippen molar-refractivity contribution in [1.29, 1.82) is 0 Å². The van der Waals surface area contributed by atoms with Crippen molar-refractivity contribution in [3.63, 3.8) is 0 Å². The zero-order chi connectivity index (χ0) is 18.4. The first-order valence-electron chi connectivity index (χ1n) is 7.44. The second-order valence-corrected chi connectivity index (χ2v) is 6.61. The van der Waals surface area contributed by atoms with E-state index in [2.05, 4.69) is 30.9 Å². The summed E-state index contributed by atoms with van der Waals surface area (Å²) in [4.78, 5) is 28.6. The maximum Gasteiger partial charge on any atom is 0.417 e. The summed E-state index contributed by atoms with van der Waals surface area (Å²) in [6.07, 6.45) is -2.82. The Kier molecular flexibility index (Phi) is 4.62. The topological polar surface area (TPSA) is 79.7 Å². The highest BCUT2D eigenvalue weighted by atomic mass is 79.9. The number of H-pyrrole nitrogens is 1. The molecule has 0 bridgehead atoms. The van der Waals surface area contributed by atoms with Gasteiger partial charge in [-0.05, 0) is 48.4 Å². The highest BCUT2D eigenvalue weighted by Gasteiger charge is 2.35. The van der Waals surface area contributed by atoms with Crippen LogP contribution in [-0.2, 0) is 6.18 Å². The first-order chi connectivity index (χ1) is 11.7. The number of halogens is 4. The van der Waals surface area contributed by atoms with Gasteiger partial charge in [-0.2, -0.15) is 17.7 Å². The van der Waals surface area contributed by atoms with E-state index in [0.29, 0.717) is 10.6 Å². The minimum atomic E-state index is -4.78. The molecule has 0 aliphatic carbocycles. The zero-order valence-corrected chi connectivity index (χ0v) is 14.6. The van der Waals surface area contributed by atoms with Crippen molar-refractivity contribution in [3.05, 3.63) is 36.8 Å². The zero-order valence-electron chi connectivity index (χ0n) is 13.1. The summed E-state index contributed by atoms with van der Waals surface area (Å²) in [7, 11) is 1.94. The molecule has 25 heavy (non-hydrogen) atoms. The highest BCUT2D eigenvalue weighted by Crippen LogP contribution is 2.33. The fraction of sp³-hybridized carbons (Fsp3) is 0.500. The average molecular weight is 423 g/mol. The third-order valence-corrected chi connectivity index (χ3v) is 4.93. The quantitative estimate of drug-likeness (QED) is 0.813. The Bertz CT molecular complexity index is 924. The molecule has 1 atom stereocenters. The van der Waals surface area contributed by atoms with Crippen molar-refractivity contribution >= 4 is 21.4 Å². The van der Waals surface area contributed by atoms with E-state index in [-0.39, 0.29) is 18.7 Å². The lowest BCUT2D eigenvalue weighted by Crippen LogP contribution is -2.32. The van der Waals surface area contributed by atoms with Crippen molar-refractivity contribution in [2.75, 3.05) is 20.2 Å². The van der Waals surface area contributed by atoms with Crippen LogP contribution in [0.15, 0.2) is 20.1 Å². The van der Waals surface area contributed by atoms with Gasteiger partial charge in [-0.3, -0.25) is 14.6 Å². The maximum atomic E-state index is 13.0. The SMILES string of the molecule is CN1CCC[C@H]1COc1nn2c(=O)c(Br)c(C(F)(F)F)cc2c(=O)[nH]1. The number of nitrogens with zero attached hydrogens (tertiary/aromatic N) is 3. The minimum Gasteiger partial charge on any atom is -0.462 e. The molecule has 1 aliphatic rings. The van der Waals surface area contributed by atoms with Crippen LogP contribution in [0.3, 0.4) is 0 Å². The van der Waals surface area contributed by atoms with Gasteiger partial charge in [0.15, 0.2) is 0 Å². The summed E-state index contributed by atoms with van der Waals surface area (Å²) < 4.78 is 44.2. The molecule has 136 valence electrons. The standard InChI is InChI=1S/C14H14BrF3N4O3/c1-21-4-2-3-7(21)6-25-13-19-11(23)9-5-8(14(16,17)18)10(15)12(24)22(9)20-13/h5,7H,2-4,6H2,1H3,(H,19,20,23)/t7-/m0/s1. The fourth-order valence-electron chi connectivity index (χ4n) is 2.75. The van der Waals surface area contributed by atoms with E-state index in [4.69, 9.17) is 4.74 Å². The Labute approximate surface area is 147 Å². The van der Waals surface area contributed by atoms with Gasteiger partial charge in [0.1, 0.15) is 12.1 Å². The van der Waals surface area contributed by atoms with Crippen molar-refractivity contribution in [3.8, 4) is 6.01 Å². The molecule has 0 amide bonds. The molecule has 2 aromatic rings. The van der Waals surface area contributed by atoms with Crippen molar-refractivity contribution in [1.82, 2.24) is 19.5 Å². The Morgan fingerprint density at radius 1 is 1.44 bits per heavy atom. The molecular formula is C14H14BrF3N4O3. The predicted molar refractivity (Wildman–Crippen MR) is 85.9 cm³/mol. The summed E-state index contributed by atoms with van der Waals surface area (Å²) in [5, 5.41) is 3.82. The molecule has 11 heteroatoms. The summed E-state index contributed by atoms with van der Waals surface area (Å²) in [6, 6.07) is 0.509. The van der Waals surface area contributed by atoms with Gasteiger partial charge in [-0.15, -0.1) is 5.10 Å². The lowest BCUT2D eigenvalue weighted by Gasteiger charge is -2.19. The monoisotopic (exact) mass is 422 g/mol. The molecule has 1 aliphatic heterocycles. The smallest absolute Gasteiger partial charge is 0.417 e. The molecule has 1 saturated heterocycles. The van der Waals surface area contributed by atoms with Crippen LogP contribution < -0.4 is 15.9 Å². The van der Waals surface area contributed by atoms with E-state index >= 15 is 0 Å². The number of fused-ring (bicyclic) bond motifs is 1. The summed E-state index contributed by atoms with van der Waals surface area (Å²) in [5.74, 6) is 0. The Balaban J connectivity index is 2.00. The lowest BCUT2D eigenvalue weighted by molar-refractivity contribution is -0.138. The third kappa shape index (κ3) is 3.43. The van der Waals surface area contributed by atoms with Crippen LogP contribution in [0.25, 0.3) is 5.52 Å². The van der Waals surface area contributed by atoms with Crippen LogP contribution >= 0.6 is 15.9 Å². The summed E-state index contributed by atoms with van der Waals surface area (Å²) in [6.45, 7) is 1.18. The van der Waals surface area contributed by atoms with E-state index in [0.717, 1.165) is 19.4 Å². The van der Waals surface area contributed by atoms with Crippen LogP contribution in [0.4, 0.5) is 13.2 Å². The average Bonchev–Trinajstić information content (AvgIpc) is 2.93. The third-order valence-electron chi connectivity index (χ3n) is 4.16. The second kappa shape index (κ2) is 6.45. The molecule has 2 aromatic heterocycles. The van der Waals surface area contributed by atoms with Crippen LogP contribution in [0.1, 0.15) is 18.4 Å². The summed E-state index contributed by atoms with van der Waals surface area (Å²) >= 11 is 2.63. The molecule has 0 aromatic carbocycles. The van der Waals surface area contributed by atoms with Gasteiger partial charge in [0, 0.05) is 6.04 Å². The normalized spacial score (nSPS) is 18.8. The molecule has 1 N–H and O–H groups in total. The fourth-order valence-corrected chi connectivity index (χ4v) is 3.26. The number of aromatic amines is 1. The Morgan fingerprint density at radius 2 is 2.16 bits per heavy atom. The van der Waals surface area contributed by atoms with E-state index in [1.807, 2.05) is 7.05 Å². The molecule has 3 heterocycles. The van der Waals surface area contributed by atoms with Gasteiger partial charge in [-0.1, -0.05) is 0 Å². The molecular weight excluding hydrogens is 409 g/mol. The van der Waals surface area contributed by atoms with Gasteiger partial charge >= 0.3 is 12.2 Å². The molecule has 3 rings (SSSR count). The molecule has 0 unspecified atom stereocenters. The Hall–Kier alpha value is -1.88. The number of nitrogens with one attached hydrogen (secondary N) is 1. The molecule has 1 fully saturated rings. The molecule has 0 saturated carbocycles. The number of rotatable bonds is 3. The van der Waals surface area contributed by atoms with Gasteiger partial charge in [0.2, 0.25) is 0 Å². The van der Waals surface area contributed by atoms with Gasteiger partial charge < -0.3 is 9.64 Å². The lowest BCUT2D eigenvalue weighted by atomic mass is 10.2. The number of hydrogen-bond donors (Lipinski definition) is 1. The van der Waals surface area contributed by atoms with E-state index in [9.17, 15) is 22.8 Å². The van der Waals surface area contributed by atoms with E-state index in [1.165, 1.54) is 0 Å². The number of pyridine rings is 1. The number of likely N-dealkylation sites (tertiary alicyclic amines) is 1. The number of hydrogen-bond acceptors (Lipinski definition) is 5. The van der Waals surface area contributed by atoms with E-state index < -0.39 is 32.8 Å². The van der Waals surface area contributed by atoms with Crippen LogP contribution in [-0.4, -0.2) is 45.7 Å². The van der Waals surface area contributed by atoms with Crippen molar-refractivity contribution in [2.45, 2.75) is 25.1 Å². The van der Waals surface area contributed by atoms with Crippen LogP contribution in [0.5, 0.6) is 6.01 Å². The van der Waals surface area contributed by atoms with E-state index in [1.54, 1.807) is 0 Å². The first-order valence-corrected chi connectivity index (χ1v) is 8.24. The largest absolute Gasteiger partial charge is 0.462 e. The van der Waals surface area contributed by atoms with Crippen molar-refractivity contribution < 1.29 is 17.9 Å².